The second kappa shape index (κ2) is 13.8. The molecule has 0 aliphatic heterocycles. The third-order valence-electron chi connectivity index (χ3n) is 6.19. The second-order valence-corrected chi connectivity index (χ2v) is 11.3. The Morgan fingerprint density at radius 2 is 1.65 bits per heavy atom. The smallest absolute Gasteiger partial charge is 0.272 e. The van der Waals surface area contributed by atoms with E-state index in [1.54, 1.807) is 36.4 Å². The molecule has 1 aromatic heterocycles. The first-order valence-corrected chi connectivity index (χ1v) is 14.7. The van der Waals surface area contributed by atoms with Crippen LogP contribution in [0.3, 0.4) is 0 Å². The second-order valence-electron chi connectivity index (χ2n) is 9.22. The van der Waals surface area contributed by atoms with E-state index in [-0.39, 0.29) is 22.8 Å². The lowest BCUT2D eigenvalue weighted by Gasteiger charge is -2.16. The summed E-state index contributed by atoms with van der Waals surface area (Å²) < 4.78 is 0. The van der Waals surface area contributed by atoms with Gasteiger partial charge in [-0.25, -0.2) is 0 Å². The number of benzene rings is 3. The summed E-state index contributed by atoms with van der Waals surface area (Å²) in [6.07, 6.45) is 2.28. The molecule has 0 radical (unpaired) electrons. The van der Waals surface area contributed by atoms with E-state index < -0.39 is 5.91 Å². The summed E-state index contributed by atoms with van der Waals surface area (Å²) in [6.45, 7) is 6.03. The molecule has 3 N–H and O–H groups in total. The van der Waals surface area contributed by atoms with Crippen LogP contribution < -0.4 is 16.0 Å². The summed E-state index contributed by atoms with van der Waals surface area (Å²) in [5.74, 6) is -0.894. The number of carbonyl (C=O) groups is 3. The van der Waals surface area contributed by atoms with Crippen molar-refractivity contribution in [1.82, 2.24) is 5.32 Å². The summed E-state index contributed by atoms with van der Waals surface area (Å²) in [4.78, 5) is 40.0. The van der Waals surface area contributed by atoms with E-state index in [0.29, 0.717) is 17.7 Å². The highest BCUT2D eigenvalue weighted by Crippen LogP contribution is 2.29. The van der Waals surface area contributed by atoms with E-state index in [1.807, 2.05) is 80.1 Å². The van der Waals surface area contributed by atoms with Gasteiger partial charge in [0.1, 0.15) is 5.70 Å². The monoisotopic (exact) mass is 569 g/mol. The highest BCUT2D eigenvalue weighted by molar-refractivity contribution is 8.00. The predicted octanol–water partition coefficient (Wildman–Crippen LogP) is 7.28. The highest BCUT2D eigenvalue weighted by Gasteiger charge is 2.19. The summed E-state index contributed by atoms with van der Waals surface area (Å²) in [5.41, 5.74) is 5.02. The van der Waals surface area contributed by atoms with Crippen LogP contribution in [0.2, 0.25) is 0 Å². The molecule has 1 atom stereocenters. The lowest BCUT2D eigenvalue weighted by Crippen LogP contribution is -2.30. The minimum absolute atomic E-state index is 0.0743. The van der Waals surface area contributed by atoms with Gasteiger partial charge in [0.25, 0.3) is 11.8 Å². The molecule has 6 nitrogen and oxygen atoms in total. The van der Waals surface area contributed by atoms with E-state index in [1.165, 1.54) is 28.7 Å². The fourth-order valence-corrected chi connectivity index (χ4v) is 5.47. The van der Waals surface area contributed by atoms with Gasteiger partial charge in [-0.15, -0.1) is 11.8 Å². The maximum atomic E-state index is 13.3. The molecule has 3 amide bonds. The zero-order valence-corrected chi connectivity index (χ0v) is 24.2. The third kappa shape index (κ3) is 7.94. The Labute approximate surface area is 242 Å². The number of hydrogen-bond donors (Lipinski definition) is 3. The van der Waals surface area contributed by atoms with Crippen LogP contribution in [0.15, 0.2) is 100 Å². The molecule has 8 heteroatoms. The maximum Gasteiger partial charge on any atom is 0.272 e. The van der Waals surface area contributed by atoms with Crippen molar-refractivity contribution in [3.63, 3.8) is 0 Å². The summed E-state index contributed by atoms with van der Waals surface area (Å²) in [5, 5.41) is 12.1. The first kappa shape index (κ1) is 28.9. The van der Waals surface area contributed by atoms with Gasteiger partial charge < -0.3 is 16.0 Å². The van der Waals surface area contributed by atoms with E-state index in [0.717, 1.165) is 21.7 Å². The van der Waals surface area contributed by atoms with Crippen molar-refractivity contribution in [1.29, 1.82) is 0 Å². The van der Waals surface area contributed by atoms with E-state index in [2.05, 4.69) is 16.0 Å². The largest absolute Gasteiger partial charge is 0.325 e. The van der Waals surface area contributed by atoms with Gasteiger partial charge in [0.05, 0.1) is 5.25 Å². The Kier molecular flexibility index (Phi) is 9.94. The van der Waals surface area contributed by atoms with Gasteiger partial charge in [0.15, 0.2) is 0 Å². The molecule has 4 rings (SSSR count). The van der Waals surface area contributed by atoms with Crippen molar-refractivity contribution in [2.24, 2.45) is 0 Å². The molecule has 0 fully saturated rings. The average molecular weight is 570 g/mol. The molecule has 1 heterocycles. The predicted molar refractivity (Wildman–Crippen MR) is 166 cm³/mol. The Hall–Kier alpha value is -4.14. The van der Waals surface area contributed by atoms with Gasteiger partial charge >= 0.3 is 0 Å². The van der Waals surface area contributed by atoms with Crippen molar-refractivity contribution in [3.8, 4) is 0 Å². The van der Waals surface area contributed by atoms with Crippen LogP contribution >= 0.6 is 23.1 Å². The molecular weight excluding hydrogens is 539 g/mol. The number of aryl methyl sites for hydroxylation is 2. The number of amides is 3. The number of rotatable bonds is 10. The molecule has 0 spiro atoms. The molecule has 0 saturated heterocycles. The number of nitrogens with one attached hydrogen (secondary N) is 3. The lowest BCUT2D eigenvalue weighted by atomic mass is 10.1. The molecule has 4 aromatic rings. The summed E-state index contributed by atoms with van der Waals surface area (Å²) in [7, 11) is 0. The summed E-state index contributed by atoms with van der Waals surface area (Å²) in [6, 6.07) is 23.8. The van der Waals surface area contributed by atoms with Gasteiger partial charge in [0.2, 0.25) is 5.91 Å². The first-order valence-electron chi connectivity index (χ1n) is 12.9. The van der Waals surface area contributed by atoms with Crippen LogP contribution in [0.5, 0.6) is 0 Å². The molecular formula is C32H31N3O3S2. The number of carbonyl (C=O) groups excluding carboxylic acids is 3. The average Bonchev–Trinajstić information content (AvgIpc) is 3.47. The Morgan fingerprint density at radius 1 is 0.875 bits per heavy atom. The van der Waals surface area contributed by atoms with Gasteiger partial charge in [-0.05, 0) is 102 Å². The normalized spacial score (nSPS) is 11.9. The number of thiophene rings is 1. The summed E-state index contributed by atoms with van der Waals surface area (Å²) >= 11 is 2.94. The van der Waals surface area contributed by atoms with Gasteiger partial charge in [0, 0.05) is 21.8 Å². The zero-order chi connectivity index (χ0) is 28.5. The minimum atomic E-state index is -0.447. The molecule has 0 saturated carbocycles. The number of hydrogen-bond acceptors (Lipinski definition) is 5. The van der Waals surface area contributed by atoms with Crippen molar-refractivity contribution in [2.75, 3.05) is 10.6 Å². The Morgan fingerprint density at radius 3 is 2.35 bits per heavy atom. The fraction of sp³-hybridized carbons (Fsp3) is 0.156. The lowest BCUT2D eigenvalue weighted by molar-refractivity contribution is -0.116. The molecule has 40 heavy (non-hydrogen) atoms. The maximum absolute atomic E-state index is 13.3. The molecule has 0 aliphatic rings. The zero-order valence-electron chi connectivity index (χ0n) is 22.6. The van der Waals surface area contributed by atoms with Gasteiger partial charge in [-0.1, -0.05) is 37.3 Å². The molecule has 1 unspecified atom stereocenters. The number of thioether (sulfide) groups is 1. The molecule has 0 bridgehead atoms. The molecule has 3 aromatic carbocycles. The quantitative estimate of drug-likeness (QED) is 0.138. The Balaban J connectivity index is 1.46. The number of anilines is 2. The van der Waals surface area contributed by atoms with Crippen LogP contribution in [0.1, 0.15) is 40.4 Å². The van der Waals surface area contributed by atoms with Crippen molar-refractivity contribution < 1.29 is 14.4 Å². The third-order valence-corrected chi connectivity index (χ3v) is 8.25. The van der Waals surface area contributed by atoms with Gasteiger partial charge in [-0.2, -0.15) is 11.3 Å². The van der Waals surface area contributed by atoms with E-state index in [9.17, 15) is 14.4 Å². The minimum Gasteiger partial charge on any atom is -0.325 e. The van der Waals surface area contributed by atoms with Gasteiger partial charge in [-0.3, -0.25) is 14.4 Å². The highest BCUT2D eigenvalue weighted by atomic mass is 32.2. The molecule has 0 aliphatic carbocycles. The van der Waals surface area contributed by atoms with Crippen LogP contribution in [0.25, 0.3) is 6.08 Å². The molecule has 204 valence electrons. The van der Waals surface area contributed by atoms with E-state index in [4.69, 9.17) is 0 Å². The van der Waals surface area contributed by atoms with Crippen LogP contribution in [0, 0.1) is 13.8 Å². The van der Waals surface area contributed by atoms with Crippen LogP contribution in [0.4, 0.5) is 11.4 Å². The van der Waals surface area contributed by atoms with Crippen LogP contribution in [-0.4, -0.2) is 23.0 Å². The fourth-order valence-electron chi connectivity index (χ4n) is 3.84. The Bertz CT molecular complexity index is 1520. The van der Waals surface area contributed by atoms with Crippen LogP contribution in [-0.2, 0) is 9.59 Å². The first-order chi connectivity index (χ1) is 19.3. The SMILES string of the molecule is CCC(Sc1cccc(NC(=O)/C(=C/c2ccsc2)NC(=O)c2ccccc2)c1)C(=O)Nc1ccc(C)c(C)c1. The topological polar surface area (TPSA) is 87.3 Å². The van der Waals surface area contributed by atoms with Crippen molar-refractivity contribution in [3.05, 3.63) is 118 Å². The van der Waals surface area contributed by atoms with Crippen molar-refractivity contribution >= 4 is 58.3 Å². The van der Waals surface area contributed by atoms with E-state index >= 15 is 0 Å². The van der Waals surface area contributed by atoms with Crippen molar-refractivity contribution in [2.45, 2.75) is 37.3 Å². The standard InChI is InChI=1S/C32H31N3O3S2/c1-4-29(32(38)34-26-14-13-21(2)22(3)17-26)40-27-12-8-11-25(19-27)33-31(37)28(18-23-15-16-39-20-23)35-30(36)24-9-6-5-7-10-24/h5-20,29H,4H2,1-3H3,(H,33,37)(H,34,38)(H,35,36)/b28-18-.